The number of hydrogen-bond donors (Lipinski definition) is 2. The second-order valence-electron chi connectivity index (χ2n) is 10.2. The van der Waals surface area contributed by atoms with Crippen LogP contribution in [0, 0.1) is 4.78 Å². The molecule has 1 unspecified atom stereocenters. The molecule has 2 heterocycles. The van der Waals surface area contributed by atoms with Crippen molar-refractivity contribution in [1.29, 1.82) is 4.78 Å². The van der Waals surface area contributed by atoms with Crippen LogP contribution in [-0.2, 0) is 21.0 Å². The number of carbonyl (C=O) groups excluding carboxylic acids is 2. The summed E-state index contributed by atoms with van der Waals surface area (Å²) in [6.45, 7) is 7.34. The average Bonchev–Trinajstić information content (AvgIpc) is 3.13. The van der Waals surface area contributed by atoms with Crippen molar-refractivity contribution in [3.05, 3.63) is 46.4 Å². The number of amides is 2. The van der Waals surface area contributed by atoms with Gasteiger partial charge in [0, 0.05) is 32.9 Å². The van der Waals surface area contributed by atoms with Crippen molar-refractivity contribution in [2.75, 3.05) is 38.7 Å². The first-order chi connectivity index (χ1) is 18.2. The summed E-state index contributed by atoms with van der Waals surface area (Å²) in [4.78, 5) is 50.5. The number of nitrogens with one attached hydrogen (secondary N) is 1. The van der Waals surface area contributed by atoms with Crippen LogP contribution in [0.4, 0.5) is 15.4 Å². The molecule has 2 amide bonds. The molecular formula is C25H36N8O5S. The zero-order chi connectivity index (χ0) is 29.1. The summed E-state index contributed by atoms with van der Waals surface area (Å²) in [5.41, 5.74) is 5.56. The first-order valence-electron chi connectivity index (χ1n) is 12.4. The maximum absolute atomic E-state index is 13.6. The largest absolute Gasteiger partial charge is 0.444 e. The van der Waals surface area contributed by atoms with Gasteiger partial charge in [0.1, 0.15) is 20.8 Å². The molecule has 1 atom stereocenters. The standard InChI is InChI=1S/C25H36N8O5S/c1-7-15-39(27,37)21-28-19(26)18-20(29-21)32(16-17-11-9-8-10-12-17)23(35)33(18)22(34)30(5)13-14-31(6)24(36)38-25(2,3)4/h8-12,27H,7,13-16H2,1-6H3,(H2,26,28,29). The van der Waals surface area contributed by atoms with Crippen molar-refractivity contribution in [1.82, 2.24) is 28.9 Å². The lowest BCUT2D eigenvalue weighted by Crippen LogP contribution is -2.43. The van der Waals surface area contributed by atoms with Crippen LogP contribution in [0.25, 0.3) is 11.2 Å². The molecule has 3 aromatic rings. The monoisotopic (exact) mass is 560 g/mol. The number of nitrogens with zero attached hydrogens (tertiary/aromatic N) is 6. The van der Waals surface area contributed by atoms with Crippen LogP contribution < -0.4 is 11.4 Å². The number of imidazole rings is 1. The van der Waals surface area contributed by atoms with Gasteiger partial charge in [-0.2, -0.15) is 4.98 Å². The van der Waals surface area contributed by atoms with Gasteiger partial charge in [-0.3, -0.25) is 4.57 Å². The number of nitrogens with two attached hydrogens (primary N) is 1. The van der Waals surface area contributed by atoms with E-state index in [9.17, 15) is 18.6 Å². The zero-order valence-corrected chi connectivity index (χ0v) is 23.9. The fourth-order valence-corrected chi connectivity index (χ4v) is 5.00. The molecule has 39 heavy (non-hydrogen) atoms. The summed E-state index contributed by atoms with van der Waals surface area (Å²) in [5.74, 6) is -0.211. The summed E-state index contributed by atoms with van der Waals surface area (Å²) < 4.78 is 28.7. The van der Waals surface area contributed by atoms with Crippen molar-refractivity contribution in [2.24, 2.45) is 0 Å². The van der Waals surface area contributed by atoms with Gasteiger partial charge < -0.3 is 20.3 Å². The minimum absolute atomic E-state index is 0.00931. The molecule has 0 saturated carbocycles. The number of hydrogen-bond acceptors (Lipinski definition) is 9. The zero-order valence-electron chi connectivity index (χ0n) is 23.1. The lowest BCUT2D eigenvalue weighted by molar-refractivity contribution is 0.0290. The Morgan fingerprint density at radius 1 is 1.10 bits per heavy atom. The van der Waals surface area contributed by atoms with E-state index in [4.69, 9.17) is 15.3 Å². The summed E-state index contributed by atoms with van der Waals surface area (Å²) in [5, 5.41) is -0.284. The molecule has 0 aliphatic carbocycles. The normalized spacial score (nSPS) is 13.2. The number of likely N-dealkylation sites (N-methyl/N-ethyl adjacent to an activating group) is 2. The van der Waals surface area contributed by atoms with Gasteiger partial charge in [0.25, 0.3) is 0 Å². The molecular weight excluding hydrogens is 524 g/mol. The Labute approximate surface area is 227 Å². The minimum Gasteiger partial charge on any atom is -0.444 e. The lowest BCUT2D eigenvalue weighted by atomic mass is 10.2. The predicted octanol–water partition coefficient (Wildman–Crippen LogP) is 2.81. The topological polar surface area (TPSA) is 170 Å². The van der Waals surface area contributed by atoms with E-state index in [-0.39, 0.29) is 47.5 Å². The van der Waals surface area contributed by atoms with E-state index >= 15 is 0 Å². The highest BCUT2D eigenvalue weighted by molar-refractivity contribution is 7.92. The Balaban J connectivity index is 2.04. The van der Waals surface area contributed by atoms with Crippen molar-refractivity contribution < 1.29 is 18.5 Å². The van der Waals surface area contributed by atoms with E-state index < -0.39 is 33.1 Å². The Hall–Kier alpha value is -3.94. The van der Waals surface area contributed by atoms with Gasteiger partial charge in [-0.1, -0.05) is 37.3 Å². The summed E-state index contributed by atoms with van der Waals surface area (Å²) in [7, 11) is -0.330. The van der Waals surface area contributed by atoms with Gasteiger partial charge in [0.2, 0.25) is 5.16 Å². The van der Waals surface area contributed by atoms with Crippen molar-refractivity contribution in [2.45, 2.75) is 51.4 Å². The number of benzene rings is 1. The summed E-state index contributed by atoms with van der Waals surface area (Å²) in [6.07, 6.45) is -0.0844. The number of ether oxygens (including phenoxy) is 1. The van der Waals surface area contributed by atoms with Crippen LogP contribution in [0.15, 0.2) is 40.3 Å². The molecule has 0 aliphatic rings. The third kappa shape index (κ3) is 6.74. The first-order valence-corrected chi connectivity index (χ1v) is 14.2. The van der Waals surface area contributed by atoms with Crippen LogP contribution in [0.2, 0.25) is 0 Å². The molecule has 13 nitrogen and oxygen atoms in total. The quantitative estimate of drug-likeness (QED) is 0.396. The van der Waals surface area contributed by atoms with Crippen molar-refractivity contribution in [3.8, 4) is 0 Å². The molecule has 0 radical (unpaired) electrons. The predicted molar refractivity (Wildman–Crippen MR) is 148 cm³/mol. The fraction of sp³-hybridized carbons (Fsp3) is 0.480. The molecule has 1 aromatic carbocycles. The molecule has 3 rings (SSSR count). The fourth-order valence-electron chi connectivity index (χ4n) is 3.76. The van der Waals surface area contributed by atoms with E-state index in [2.05, 4.69) is 9.97 Å². The second kappa shape index (κ2) is 11.4. The first kappa shape index (κ1) is 29.6. The summed E-state index contributed by atoms with van der Waals surface area (Å²) >= 11 is 0. The Bertz CT molecular complexity index is 1520. The molecule has 2 aromatic heterocycles. The van der Waals surface area contributed by atoms with Gasteiger partial charge in [-0.05, 0) is 32.8 Å². The van der Waals surface area contributed by atoms with Crippen LogP contribution >= 0.6 is 0 Å². The van der Waals surface area contributed by atoms with Crippen LogP contribution in [0.5, 0.6) is 0 Å². The molecule has 14 heteroatoms. The van der Waals surface area contributed by atoms with E-state index in [1.165, 1.54) is 21.4 Å². The molecule has 3 N–H and O–H groups in total. The van der Waals surface area contributed by atoms with Crippen LogP contribution in [0.3, 0.4) is 0 Å². The Morgan fingerprint density at radius 2 is 1.72 bits per heavy atom. The third-order valence-electron chi connectivity index (χ3n) is 5.74. The average molecular weight is 561 g/mol. The maximum atomic E-state index is 13.6. The third-order valence-corrected chi connectivity index (χ3v) is 7.49. The highest BCUT2D eigenvalue weighted by atomic mass is 32.2. The number of aromatic nitrogens is 4. The number of carbonyl (C=O) groups is 2. The van der Waals surface area contributed by atoms with Gasteiger partial charge in [-0.15, -0.1) is 0 Å². The SMILES string of the molecule is CCCS(=N)(=O)c1nc(N)c2c(n1)n(Cc1ccccc1)c(=O)n2C(=O)N(C)CCN(C)C(=O)OC(C)(C)C. The number of rotatable bonds is 8. The molecule has 212 valence electrons. The van der Waals surface area contributed by atoms with E-state index in [0.29, 0.717) is 6.42 Å². The van der Waals surface area contributed by atoms with Gasteiger partial charge in [0.05, 0.1) is 6.54 Å². The lowest BCUT2D eigenvalue weighted by Gasteiger charge is -2.26. The van der Waals surface area contributed by atoms with Crippen molar-refractivity contribution in [3.63, 3.8) is 0 Å². The molecule has 0 fully saturated rings. The van der Waals surface area contributed by atoms with E-state index in [1.807, 2.05) is 30.3 Å². The Kier molecular flexibility index (Phi) is 8.68. The second-order valence-corrected chi connectivity index (χ2v) is 12.4. The summed E-state index contributed by atoms with van der Waals surface area (Å²) in [6, 6.07) is 8.37. The molecule has 0 saturated heterocycles. The number of nitrogen functional groups attached to an aromatic ring is 1. The van der Waals surface area contributed by atoms with Crippen molar-refractivity contribution >= 4 is 38.8 Å². The minimum atomic E-state index is -3.37. The van der Waals surface area contributed by atoms with Gasteiger partial charge in [0.15, 0.2) is 11.5 Å². The van der Waals surface area contributed by atoms with Gasteiger partial charge in [-0.25, -0.2) is 32.9 Å². The highest BCUT2D eigenvalue weighted by Crippen LogP contribution is 2.22. The van der Waals surface area contributed by atoms with Crippen LogP contribution in [-0.4, -0.2) is 83.8 Å². The number of anilines is 1. The van der Waals surface area contributed by atoms with E-state index in [0.717, 1.165) is 10.1 Å². The number of fused-ring (bicyclic) bond motifs is 1. The maximum Gasteiger partial charge on any atom is 0.410 e. The van der Waals surface area contributed by atoms with Crippen LogP contribution in [0.1, 0.15) is 39.7 Å². The molecule has 0 bridgehead atoms. The van der Waals surface area contributed by atoms with E-state index in [1.54, 1.807) is 34.7 Å². The van der Waals surface area contributed by atoms with Gasteiger partial charge >= 0.3 is 17.8 Å². The smallest absolute Gasteiger partial charge is 0.410 e. The Morgan fingerprint density at radius 3 is 2.31 bits per heavy atom. The molecule has 0 spiro atoms. The highest BCUT2D eigenvalue weighted by Gasteiger charge is 2.28. The molecule has 0 aliphatic heterocycles.